The molecule has 2 unspecified atom stereocenters. The van der Waals surface area contributed by atoms with Gasteiger partial charge in [-0.15, -0.1) is 0 Å². The number of rotatable bonds is 5. The number of hydrogen-bond acceptors (Lipinski definition) is 2. The fourth-order valence-electron chi connectivity index (χ4n) is 2.19. The second kappa shape index (κ2) is 4.43. The fraction of sp³-hybridized carbons (Fsp3) is 1.00. The second-order valence-corrected chi connectivity index (χ2v) is 4.73. The van der Waals surface area contributed by atoms with Gasteiger partial charge in [-0.1, -0.05) is 12.8 Å². The summed E-state index contributed by atoms with van der Waals surface area (Å²) in [6.45, 7) is 5.99. The standard InChI is InChI=1S/C11H22N2/c1-9-11(5-7-13-9)8-12-6-4-10-2-3-10/h9-13H,2-8H2,1H3. The van der Waals surface area contributed by atoms with Crippen LogP contribution < -0.4 is 10.6 Å². The van der Waals surface area contributed by atoms with Gasteiger partial charge in [0.1, 0.15) is 0 Å². The Morgan fingerprint density at radius 3 is 2.77 bits per heavy atom. The first-order valence-electron chi connectivity index (χ1n) is 5.80. The Balaban J connectivity index is 1.51. The highest BCUT2D eigenvalue weighted by molar-refractivity contribution is 4.82. The predicted molar refractivity (Wildman–Crippen MR) is 55.8 cm³/mol. The molecular formula is C11H22N2. The van der Waals surface area contributed by atoms with Gasteiger partial charge in [0.2, 0.25) is 0 Å². The summed E-state index contributed by atoms with van der Waals surface area (Å²) in [4.78, 5) is 0. The summed E-state index contributed by atoms with van der Waals surface area (Å²) < 4.78 is 0. The smallest absolute Gasteiger partial charge is 0.00795 e. The van der Waals surface area contributed by atoms with E-state index in [4.69, 9.17) is 0 Å². The minimum absolute atomic E-state index is 0.730. The van der Waals surface area contributed by atoms with Gasteiger partial charge in [-0.25, -0.2) is 0 Å². The summed E-state index contributed by atoms with van der Waals surface area (Å²) in [6.07, 6.45) is 5.75. The van der Waals surface area contributed by atoms with E-state index in [2.05, 4.69) is 17.6 Å². The zero-order valence-electron chi connectivity index (χ0n) is 8.68. The lowest BCUT2D eigenvalue weighted by Crippen LogP contribution is -2.31. The zero-order valence-corrected chi connectivity index (χ0v) is 8.68. The molecule has 2 fully saturated rings. The van der Waals surface area contributed by atoms with Gasteiger partial charge in [0.05, 0.1) is 0 Å². The summed E-state index contributed by atoms with van der Waals surface area (Å²) in [5.74, 6) is 1.95. The molecule has 2 rings (SSSR count). The molecule has 1 aliphatic carbocycles. The Bertz CT molecular complexity index is 154. The van der Waals surface area contributed by atoms with Crippen LogP contribution in [-0.4, -0.2) is 25.7 Å². The van der Waals surface area contributed by atoms with Crippen molar-refractivity contribution in [3.8, 4) is 0 Å². The van der Waals surface area contributed by atoms with Crippen LogP contribution in [-0.2, 0) is 0 Å². The van der Waals surface area contributed by atoms with Crippen molar-refractivity contribution in [3.63, 3.8) is 0 Å². The van der Waals surface area contributed by atoms with Crippen LogP contribution in [0.15, 0.2) is 0 Å². The quantitative estimate of drug-likeness (QED) is 0.628. The van der Waals surface area contributed by atoms with Gasteiger partial charge in [-0.2, -0.15) is 0 Å². The monoisotopic (exact) mass is 182 g/mol. The van der Waals surface area contributed by atoms with Crippen LogP contribution in [0.2, 0.25) is 0 Å². The normalized spacial score (nSPS) is 33.9. The number of nitrogens with one attached hydrogen (secondary N) is 2. The molecular weight excluding hydrogens is 160 g/mol. The summed E-state index contributed by atoms with van der Waals surface area (Å²) in [6, 6.07) is 0.730. The van der Waals surface area contributed by atoms with Crippen molar-refractivity contribution in [3.05, 3.63) is 0 Å². The Kier molecular flexibility index (Phi) is 3.23. The van der Waals surface area contributed by atoms with Gasteiger partial charge in [-0.3, -0.25) is 0 Å². The molecule has 0 aromatic carbocycles. The van der Waals surface area contributed by atoms with E-state index < -0.39 is 0 Å². The maximum Gasteiger partial charge on any atom is 0.00795 e. The van der Waals surface area contributed by atoms with E-state index in [0.29, 0.717) is 0 Å². The fourth-order valence-corrected chi connectivity index (χ4v) is 2.19. The molecule has 76 valence electrons. The molecule has 2 heteroatoms. The topological polar surface area (TPSA) is 24.1 Å². The summed E-state index contributed by atoms with van der Waals surface area (Å²) >= 11 is 0. The lowest BCUT2D eigenvalue weighted by Gasteiger charge is -2.15. The van der Waals surface area contributed by atoms with Crippen LogP contribution in [0.1, 0.15) is 32.6 Å². The third-order valence-electron chi connectivity index (χ3n) is 3.52. The molecule has 0 spiro atoms. The Labute approximate surface area is 81.5 Å². The molecule has 1 heterocycles. The molecule has 1 saturated heterocycles. The van der Waals surface area contributed by atoms with Gasteiger partial charge >= 0.3 is 0 Å². The molecule has 0 radical (unpaired) electrons. The summed E-state index contributed by atoms with van der Waals surface area (Å²) in [5, 5.41) is 7.08. The van der Waals surface area contributed by atoms with Gasteiger partial charge in [0.25, 0.3) is 0 Å². The first-order chi connectivity index (χ1) is 6.36. The molecule has 0 aromatic heterocycles. The number of hydrogen-bond donors (Lipinski definition) is 2. The minimum atomic E-state index is 0.730. The van der Waals surface area contributed by atoms with Crippen LogP contribution >= 0.6 is 0 Å². The molecule has 0 bridgehead atoms. The van der Waals surface area contributed by atoms with Crippen LogP contribution in [0, 0.1) is 11.8 Å². The zero-order chi connectivity index (χ0) is 9.10. The Morgan fingerprint density at radius 1 is 1.31 bits per heavy atom. The van der Waals surface area contributed by atoms with Crippen LogP contribution in [0.25, 0.3) is 0 Å². The molecule has 0 aromatic rings. The highest BCUT2D eigenvalue weighted by Gasteiger charge is 2.23. The molecule has 2 N–H and O–H groups in total. The molecule has 13 heavy (non-hydrogen) atoms. The highest BCUT2D eigenvalue weighted by Crippen LogP contribution is 2.31. The third-order valence-corrected chi connectivity index (χ3v) is 3.52. The van der Waals surface area contributed by atoms with Crippen molar-refractivity contribution in [2.45, 2.75) is 38.6 Å². The van der Waals surface area contributed by atoms with Crippen molar-refractivity contribution in [2.24, 2.45) is 11.8 Å². The molecule has 2 nitrogen and oxygen atoms in total. The SMILES string of the molecule is CC1NCCC1CNCCC1CC1. The van der Waals surface area contributed by atoms with Gasteiger partial charge < -0.3 is 10.6 Å². The van der Waals surface area contributed by atoms with Crippen molar-refractivity contribution in [1.82, 2.24) is 10.6 Å². The Hall–Kier alpha value is -0.0800. The average molecular weight is 182 g/mol. The van der Waals surface area contributed by atoms with Crippen molar-refractivity contribution in [1.29, 1.82) is 0 Å². The van der Waals surface area contributed by atoms with Crippen molar-refractivity contribution in [2.75, 3.05) is 19.6 Å². The van der Waals surface area contributed by atoms with Crippen LogP contribution in [0.3, 0.4) is 0 Å². The lowest BCUT2D eigenvalue weighted by molar-refractivity contribution is 0.435. The maximum atomic E-state index is 3.59. The highest BCUT2D eigenvalue weighted by atomic mass is 15.0. The lowest BCUT2D eigenvalue weighted by atomic mass is 10.0. The van der Waals surface area contributed by atoms with E-state index in [1.807, 2.05) is 0 Å². The Morgan fingerprint density at radius 2 is 2.15 bits per heavy atom. The molecule has 2 atom stereocenters. The predicted octanol–water partition coefficient (Wildman–Crippen LogP) is 1.37. The van der Waals surface area contributed by atoms with Crippen molar-refractivity contribution < 1.29 is 0 Å². The van der Waals surface area contributed by atoms with E-state index in [1.165, 1.54) is 45.3 Å². The third kappa shape index (κ3) is 2.96. The van der Waals surface area contributed by atoms with E-state index in [-0.39, 0.29) is 0 Å². The first-order valence-corrected chi connectivity index (χ1v) is 5.80. The minimum Gasteiger partial charge on any atom is -0.316 e. The molecule has 2 aliphatic rings. The maximum absolute atomic E-state index is 3.59. The van der Waals surface area contributed by atoms with Gasteiger partial charge in [-0.05, 0) is 51.2 Å². The summed E-state index contributed by atoms with van der Waals surface area (Å²) in [5.41, 5.74) is 0. The average Bonchev–Trinajstić information content (AvgIpc) is 2.86. The molecule has 0 amide bonds. The van der Waals surface area contributed by atoms with Gasteiger partial charge in [0, 0.05) is 6.04 Å². The second-order valence-electron chi connectivity index (χ2n) is 4.73. The van der Waals surface area contributed by atoms with E-state index in [9.17, 15) is 0 Å². The van der Waals surface area contributed by atoms with E-state index in [0.717, 1.165) is 17.9 Å². The largest absolute Gasteiger partial charge is 0.316 e. The van der Waals surface area contributed by atoms with Gasteiger partial charge in [0.15, 0.2) is 0 Å². The van der Waals surface area contributed by atoms with Crippen molar-refractivity contribution >= 4 is 0 Å². The van der Waals surface area contributed by atoms with E-state index >= 15 is 0 Å². The first kappa shape index (κ1) is 9.47. The van der Waals surface area contributed by atoms with E-state index in [1.54, 1.807) is 0 Å². The molecule has 1 saturated carbocycles. The molecule has 1 aliphatic heterocycles. The van der Waals surface area contributed by atoms with Crippen LogP contribution in [0.5, 0.6) is 0 Å². The summed E-state index contributed by atoms with van der Waals surface area (Å²) in [7, 11) is 0. The van der Waals surface area contributed by atoms with Crippen LogP contribution in [0.4, 0.5) is 0 Å².